The summed E-state index contributed by atoms with van der Waals surface area (Å²) in [5.41, 5.74) is 4.14. The highest BCUT2D eigenvalue weighted by atomic mass is 15.3. The van der Waals surface area contributed by atoms with Crippen molar-refractivity contribution in [3.8, 4) is 0 Å². The van der Waals surface area contributed by atoms with E-state index >= 15 is 0 Å². The summed E-state index contributed by atoms with van der Waals surface area (Å²) in [6.07, 6.45) is 33.9. The number of unbranched alkanes of at least 4 members (excludes halogenated alkanes) is 20. The van der Waals surface area contributed by atoms with Gasteiger partial charge in [-0.2, -0.15) is 6.82 Å². The molecule has 0 spiro atoms. The van der Waals surface area contributed by atoms with E-state index in [9.17, 15) is 0 Å². The van der Waals surface area contributed by atoms with Gasteiger partial charge in [0.1, 0.15) is 0 Å². The molecule has 3 rings (SSSR count). The van der Waals surface area contributed by atoms with E-state index in [4.69, 9.17) is 0 Å². The van der Waals surface area contributed by atoms with Crippen LogP contribution in [0, 0.1) is 0 Å². The summed E-state index contributed by atoms with van der Waals surface area (Å²) < 4.78 is 1.48. The van der Waals surface area contributed by atoms with Crippen LogP contribution in [0.5, 0.6) is 0 Å². The van der Waals surface area contributed by atoms with Crippen LogP contribution < -0.4 is 16.4 Å². The number of hydrogen-bond acceptors (Lipinski definition) is 0. The van der Waals surface area contributed by atoms with Gasteiger partial charge in [0, 0.05) is 0 Å². The van der Waals surface area contributed by atoms with Crippen LogP contribution in [0.3, 0.4) is 0 Å². The molecule has 3 aromatic carbocycles. The van der Waals surface area contributed by atoms with Gasteiger partial charge in [0.2, 0.25) is 0 Å². The van der Waals surface area contributed by atoms with Crippen LogP contribution in [0.2, 0.25) is 6.82 Å². The van der Waals surface area contributed by atoms with Crippen molar-refractivity contribution in [3.05, 3.63) is 91.0 Å². The Morgan fingerprint density at radius 2 is 0.509 bits per heavy atom. The smallest absolute Gasteiger partial charge is 0.0787 e. The molecule has 0 saturated carbocycles. The molecule has 0 atom stereocenters. The van der Waals surface area contributed by atoms with Crippen LogP contribution >= 0.6 is 0 Å². The molecule has 53 heavy (non-hydrogen) atoms. The van der Waals surface area contributed by atoms with Crippen molar-refractivity contribution in [3.63, 3.8) is 0 Å². The zero-order valence-corrected chi connectivity index (χ0v) is 36.0. The third-order valence-electron chi connectivity index (χ3n) is 12.3. The molecule has 0 aliphatic rings. The second kappa shape index (κ2) is 30.9. The monoisotopic (exact) mass is 724 g/mol. The second-order valence-corrected chi connectivity index (χ2v) is 16.8. The maximum atomic E-state index is 2.36. The molecule has 0 bridgehead atoms. The molecule has 2 heteroatoms. The largest absolute Gasteiger partial charge is 0.324 e. The van der Waals surface area contributed by atoms with Gasteiger partial charge in [-0.25, -0.2) is 16.4 Å². The molecular formula is C51H86BN. The fourth-order valence-corrected chi connectivity index (χ4v) is 8.67. The van der Waals surface area contributed by atoms with Gasteiger partial charge in [-0.05, 0) is 51.4 Å². The van der Waals surface area contributed by atoms with E-state index in [0.717, 1.165) is 0 Å². The maximum Gasteiger partial charge on any atom is 0.0787 e. The van der Waals surface area contributed by atoms with Crippen molar-refractivity contribution in [2.24, 2.45) is 0 Å². The molecule has 1 nitrogen and oxygen atoms in total. The van der Waals surface area contributed by atoms with Gasteiger partial charge in [-0.15, -0.1) is 0 Å². The average molecular weight is 724 g/mol. The van der Waals surface area contributed by atoms with Gasteiger partial charge in [-0.3, -0.25) is 0 Å². The zero-order valence-electron chi connectivity index (χ0n) is 36.0. The van der Waals surface area contributed by atoms with Crippen molar-refractivity contribution in [1.29, 1.82) is 0 Å². The van der Waals surface area contributed by atoms with E-state index in [2.05, 4.69) is 126 Å². The minimum absolute atomic E-state index is 0.912. The van der Waals surface area contributed by atoms with Crippen molar-refractivity contribution < 1.29 is 4.48 Å². The van der Waals surface area contributed by atoms with Crippen LogP contribution in [0.15, 0.2) is 91.0 Å². The predicted octanol–water partition coefficient (Wildman–Crippen LogP) is 14.0. The lowest BCUT2D eigenvalue weighted by molar-refractivity contribution is -0.929. The SMILES string of the molecule is CCCCCCCC[N+](CCCCCCCC)(CCCCCCCC)CCCCCCCC.C[B-](c1ccccc1)(c1ccccc1)c1ccccc1. The molecule has 298 valence electrons. The number of rotatable bonds is 31. The lowest BCUT2D eigenvalue weighted by Gasteiger charge is -2.40. The third kappa shape index (κ3) is 19.7. The van der Waals surface area contributed by atoms with Crippen LogP contribution in [0.25, 0.3) is 0 Å². The summed E-state index contributed by atoms with van der Waals surface area (Å²) in [4.78, 5) is 0. The molecule has 0 fully saturated rings. The van der Waals surface area contributed by atoms with Crippen LogP contribution in [-0.2, 0) is 0 Å². The fourth-order valence-electron chi connectivity index (χ4n) is 8.67. The Balaban J connectivity index is 0.000000408. The maximum absolute atomic E-state index is 2.36. The standard InChI is InChI=1S/C32H68N.C19H18B/c1-5-9-13-17-21-25-29-33(30-26-22-18-14-10-6-2,31-27-23-19-15-11-7-3)32-28-24-20-16-12-8-4;1-20(17-11-5-2-6-12-17,18-13-7-3-8-14-18)19-15-9-4-10-16-19/h5-32H2,1-4H3;2-16H,1H3/q+1;-1. The van der Waals surface area contributed by atoms with Crippen LogP contribution in [-0.4, -0.2) is 36.8 Å². The van der Waals surface area contributed by atoms with Gasteiger partial charge in [0.25, 0.3) is 0 Å². The number of nitrogens with zero attached hydrogens (tertiary/aromatic N) is 1. The molecule has 0 aliphatic heterocycles. The number of quaternary nitrogens is 1. The molecule has 3 aromatic rings. The molecular weight excluding hydrogens is 637 g/mol. The van der Waals surface area contributed by atoms with E-state index in [0.29, 0.717) is 0 Å². The summed E-state index contributed by atoms with van der Waals surface area (Å²) in [7, 11) is 0. The van der Waals surface area contributed by atoms with Crippen molar-refractivity contribution in [2.75, 3.05) is 26.2 Å². The van der Waals surface area contributed by atoms with E-state index in [1.165, 1.54) is 201 Å². The Kier molecular flexibility index (Phi) is 27.4. The normalized spacial score (nSPS) is 11.7. The zero-order chi connectivity index (χ0) is 38.1. The van der Waals surface area contributed by atoms with E-state index < -0.39 is 6.15 Å². The summed E-state index contributed by atoms with van der Waals surface area (Å²) in [5.74, 6) is 0. The van der Waals surface area contributed by atoms with E-state index in [1.54, 1.807) is 0 Å². The van der Waals surface area contributed by atoms with E-state index in [-0.39, 0.29) is 0 Å². The lowest BCUT2D eigenvalue weighted by Crippen LogP contribution is -2.64. The Hall–Kier alpha value is -2.32. The Morgan fingerprint density at radius 1 is 0.302 bits per heavy atom. The van der Waals surface area contributed by atoms with Crippen LogP contribution in [0.4, 0.5) is 0 Å². The van der Waals surface area contributed by atoms with Crippen molar-refractivity contribution in [1.82, 2.24) is 0 Å². The molecule has 0 amide bonds. The first-order chi connectivity index (χ1) is 26.1. The van der Waals surface area contributed by atoms with Gasteiger partial charge < -0.3 is 4.48 Å². The van der Waals surface area contributed by atoms with E-state index in [1.807, 2.05) is 0 Å². The van der Waals surface area contributed by atoms with Gasteiger partial charge >= 0.3 is 0 Å². The lowest BCUT2D eigenvalue weighted by atomic mass is 9.17. The second-order valence-electron chi connectivity index (χ2n) is 16.8. The third-order valence-corrected chi connectivity index (χ3v) is 12.3. The highest BCUT2D eigenvalue weighted by molar-refractivity contribution is 7.10. The fraction of sp³-hybridized carbons (Fsp3) is 0.647. The molecule has 0 aromatic heterocycles. The summed E-state index contributed by atoms with van der Waals surface area (Å²) in [6, 6.07) is 32.4. The Labute approximate surface area is 331 Å². The molecule has 0 unspecified atom stereocenters. The molecule has 0 saturated heterocycles. The Bertz CT molecular complexity index is 1030. The Morgan fingerprint density at radius 3 is 0.736 bits per heavy atom. The van der Waals surface area contributed by atoms with Gasteiger partial charge in [-0.1, -0.05) is 221 Å². The van der Waals surface area contributed by atoms with Crippen molar-refractivity contribution >= 4 is 22.5 Å². The van der Waals surface area contributed by atoms with Crippen LogP contribution in [0.1, 0.15) is 182 Å². The van der Waals surface area contributed by atoms with Gasteiger partial charge in [0.15, 0.2) is 0 Å². The number of hydrogen-bond donors (Lipinski definition) is 0. The minimum Gasteiger partial charge on any atom is -0.324 e. The molecule has 0 heterocycles. The summed E-state index contributed by atoms with van der Waals surface area (Å²) in [6.45, 7) is 17.6. The highest BCUT2D eigenvalue weighted by Gasteiger charge is 2.26. The topological polar surface area (TPSA) is 0 Å². The first-order valence-corrected chi connectivity index (χ1v) is 23.3. The first kappa shape index (κ1) is 46.8. The summed E-state index contributed by atoms with van der Waals surface area (Å²) >= 11 is 0. The predicted molar refractivity (Wildman–Crippen MR) is 243 cm³/mol. The first-order valence-electron chi connectivity index (χ1n) is 23.3. The van der Waals surface area contributed by atoms with Gasteiger partial charge in [0.05, 0.1) is 32.3 Å². The molecule has 0 aliphatic carbocycles. The molecule has 0 N–H and O–H groups in total. The molecule has 0 radical (unpaired) electrons. The highest BCUT2D eigenvalue weighted by Crippen LogP contribution is 2.21. The average Bonchev–Trinajstić information content (AvgIpc) is 3.21. The van der Waals surface area contributed by atoms with Crippen molar-refractivity contribution in [2.45, 2.75) is 189 Å². The summed E-state index contributed by atoms with van der Waals surface area (Å²) in [5, 5.41) is 0. The minimum atomic E-state index is -0.912. The quantitative estimate of drug-likeness (QED) is 0.0352. The number of benzene rings is 3.